The van der Waals surface area contributed by atoms with Gasteiger partial charge in [-0.25, -0.2) is 18.7 Å². The van der Waals surface area contributed by atoms with Gasteiger partial charge in [-0.1, -0.05) is 6.07 Å². The molecule has 0 amide bonds. The zero-order chi connectivity index (χ0) is 18.3. The summed E-state index contributed by atoms with van der Waals surface area (Å²) in [7, 11) is 0. The van der Waals surface area contributed by atoms with Gasteiger partial charge < -0.3 is 10.6 Å². The fraction of sp³-hybridized carbons (Fsp3) is 0.474. The van der Waals surface area contributed by atoms with E-state index >= 15 is 0 Å². The Balaban J connectivity index is 1.51. The maximum atomic E-state index is 14.2. The average Bonchev–Trinajstić information content (AvgIpc) is 2.96. The van der Waals surface area contributed by atoms with Gasteiger partial charge in [0.25, 0.3) is 5.92 Å². The van der Waals surface area contributed by atoms with Crippen LogP contribution in [0.4, 0.5) is 20.4 Å². The average molecular weight is 359 g/mol. The second-order valence-corrected chi connectivity index (χ2v) is 7.31. The van der Waals surface area contributed by atoms with Crippen LogP contribution in [0.25, 0.3) is 0 Å². The van der Waals surface area contributed by atoms with Gasteiger partial charge in [-0.2, -0.15) is 0 Å². The van der Waals surface area contributed by atoms with Crippen LogP contribution >= 0.6 is 0 Å². The van der Waals surface area contributed by atoms with E-state index in [1.807, 2.05) is 30.9 Å². The Bertz CT molecular complexity index is 803. The van der Waals surface area contributed by atoms with Crippen LogP contribution in [-0.4, -0.2) is 39.9 Å². The lowest BCUT2D eigenvalue weighted by Gasteiger charge is -2.37. The van der Waals surface area contributed by atoms with Gasteiger partial charge in [-0.05, 0) is 50.1 Å². The SMILES string of the molecule is Cc1cc(C)cc(Nc2ncc3c(n2)CN(C2CCNCC2(F)F)C3)c1. The minimum atomic E-state index is -2.71. The van der Waals surface area contributed by atoms with E-state index in [0.29, 0.717) is 32.0 Å². The van der Waals surface area contributed by atoms with Gasteiger partial charge in [0.05, 0.1) is 18.3 Å². The van der Waals surface area contributed by atoms with Crippen LogP contribution in [0, 0.1) is 13.8 Å². The smallest absolute Gasteiger partial charge is 0.275 e. The summed E-state index contributed by atoms with van der Waals surface area (Å²) in [5.74, 6) is -2.21. The summed E-state index contributed by atoms with van der Waals surface area (Å²) in [4.78, 5) is 10.8. The fourth-order valence-corrected chi connectivity index (χ4v) is 3.91. The lowest BCUT2D eigenvalue weighted by atomic mass is 10.0. The number of hydrogen-bond donors (Lipinski definition) is 2. The van der Waals surface area contributed by atoms with Crippen LogP contribution in [0.3, 0.4) is 0 Å². The number of fused-ring (bicyclic) bond motifs is 1. The number of halogens is 2. The Hall–Kier alpha value is -2.12. The number of nitrogens with zero attached hydrogens (tertiary/aromatic N) is 3. The van der Waals surface area contributed by atoms with Crippen molar-refractivity contribution in [2.45, 2.75) is 45.3 Å². The van der Waals surface area contributed by atoms with Crippen LogP contribution in [0.1, 0.15) is 28.8 Å². The Morgan fingerprint density at radius 1 is 1.19 bits per heavy atom. The molecule has 1 unspecified atom stereocenters. The zero-order valence-electron chi connectivity index (χ0n) is 15.0. The molecule has 1 atom stereocenters. The quantitative estimate of drug-likeness (QED) is 0.882. The molecule has 4 rings (SSSR count). The molecule has 7 heteroatoms. The third kappa shape index (κ3) is 3.41. The second kappa shape index (κ2) is 6.55. The van der Waals surface area contributed by atoms with Crippen molar-refractivity contribution in [1.29, 1.82) is 0 Å². The topological polar surface area (TPSA) is 53.1 Å². The van der Waals surface area contributed by atoms with Crippen molar-refractivity contribution < 1.29 is 8.78 Å². The van der Waals surface area contributed by atoms with E-state index in [-0.39, 0.29) is 6.54 Å². The summed E-state index contributed by atoms with van der Waals surface area (Å²) in [6.07, 6.45) is 2.20. The van der Waals surface area contributed by atoms with Crippen molar-refractivity contribution in [1.82, 2.24) is 20.2 Å². The Labute approximate surface area is 151 Å². The first-order valence-electron chi connectivity index (χ1n) is 8.93. The number of alkyl halides is 2. The molecule has 1 fully saturated rings. The van der Waals surface area contributed by atoms with Crippen molar-refractivity contribution in [2.24, 2.45) is 0 Å². The van der Waals surface area contributed by atoms with Gasteiger partial charge in [0.15, 0.2) is 0 Å². The highest BCUT2D eigenvalue weighted by atomic mass is 19.3. The molecule has 3 heterocycles. The molecule has 2 aromatic rings. The zero-order valence-corrected chi connectivity index (χ0v) is 15.0. The summed E-state index contributed by atoms with van der Waals surface area (Å²) in [5.41, 5.74) is 5.02. The molecule has 2 aliphatic heterocycles. The summed E-state index contributed by atoms with van der Waals surface area (Å²) in [6.45, 7) is 5.38. The highest BCUT2D eigenvalue weighted by Gasteiger charge is 2.46. The van der Waals surface area contributed by atoms with Gasteiger partial charge in [0.1, 0.15) is 0 Å². The molecule has 1 aromatic carbocycles. The van der Waals surface area contributed by atoms with Crippen LogP contribution in [0.2, 0.25) is 0 Å². The molecule has 138 valence electrons. The summed E-state index contributed by atoms with van der Waals surface area (Å²) in [5, 5.41) is 6.01. The first-order valence-corrected chi connectivity index (χ1v) is 8.93. The fourth-order valence-electron chi connectivity index (χ4n) is 3.91. The standard InChI is InChI=1S/C19H23F2N5/c1-12-5-13(2)7-15(6-12)24-18-23-8-14-9-26(10-16(14)25-18)17-3-4-22-11-19(17,20)21/h5-8,17,22H,3-4,9-11H2,1-2H3,(H,23,24,25). The van der Waals surface area contributed by atoms with Crippen molar-refractivity contribution in [3.63, 3.8) is 0 Å². The number of aromatic nitrogens is 2. The number of piperidine rings is 1. The highest BCUT2D eigenvalue weighted by molar-refractivity contribution is 5.56. The first kappa shape index (κ1) is 17.3. The number of nitrogens with one attached hydrogen (secondary N) is 2. The van der Waals surface area contributed by atoms with Gasteiger partial charge in [0, 0.05) is 30.5 Å². The largest absolute Gasteiger partial charge is 0.324 e. The van der Waals surface area contributed by atoms with Gasteiger partial charge in [0.2, 0.25) is 5.95 Å². The van der Waals surface area contributed by atoms with Crippen LogP contribution in [0.5, 0.6) is 0 Å². The van der Waals surface area contributed by atoms with E-state index < -0.39 is 12.0 Å². The highest BCUT2D eigenvalue weighted by Crippen LogP contribution is 2.33. The summed E-state index contributed by atoms with van der Waals surface area (Å²) < 4.78 is 28.5. The van der Waals surface area contributed by atoms with E-state index in [9.17, 15) is 8.78 Å². The molecular formula is C19H23F2N5. The van der Waals surface area contributed by atoms with E-state index in [1.54, 1.807) is 6.20 Å². The van der Waals surface area contributed by atoms with Gasteiger partial charge in [-0.15, -0.1) is 0 Å². The number of rotatable bonds is 3. The van der Waals surface area contributed by atoms with Crippen LogP contribution < -0.4 is 10.6 Å². The molecule has 0 spiro atoms. The van der Waals surface area contributed by atoms with E-state index in [2.05, 4.69) is 26.7 Å². The lowest BCUT2D eigenvalue weighted by molar-refractivity contribution is -0.0974. The number of aryl methyl sites for hydroxylation is 2. The maximum Gasteiger partial charge on any atom is 0.275 e. The van der Waals surface area contributed by atoms with Crippen molar-refractivity contribution in [3.8, 4) is 0 Å². The second-order valence-electron chi connectivity index (χ2n) is 7.31. The Morgan fingerprint density at radius 3 is 2.69 bits per heavy atom. The number of hydrogen-bond acceptors (Lipinski definition) is 5. The molecule has 0 aliphatic carbocycles. The summed E-state index contributed by atoms with van der Waals surface area (Å²) in [6, 6.07) is 5.43. The lowest BCUT2D eigenvalue weighted by Crippen LogP contribution is -2.55. The molecule has 2 N–H and O–H groups in total. The van der Waals surface area contributed by atoms with E-state index in [4.69, 9.17) is 0 Å². The van der Waals surface area contributed by atoms with E-state index in [1.165, 1.54) is 0 Å². The molecule has 1 aromatic heterocycles. The predicted octanol–water partition coefficient (Wildman–Crippen LogP) is 3.15. The molecule has 5 nitrogen and oxygen atoms in total. The van der Waals surface area contributed by atoms with Crippen LogP contribution in [-0.2, 0) is 13.1 Å². The Kier molecular flexibility index (Phi) is 4.36. The summed E-state index contributed by atoms with van der Waals surface area (Å²) >= 11 is 0. The van der Waals surface area contributed by atoms with Gasteiger partial charge >= 0.3 is 0 Å². The normalized spacial score (nSPS) is 22.2. The molecule has 0 saturated carbocycles. The van der Waals surface area contributed by atoms with Crippen molar-refractivity contribution in [2.75, 3.05) is 18.4 Å². The third-order valence-corrected chi connectivity index (χ3v) is 5.04. The molecule has 0 radical (unpaired) electrons. The maximum absolute atomic E-state index is 14.2. The van der Waals surface area contributed by atoms with Crippen molar-refractivity contribution >= 4 is 11.6 Å². The molecule has 1 saturated heterocycles. The molecule has 0 bridgehead atoms. The monoisotopic (exact) mass is 359 g/mol. The Morgan fingerprint density at radius 2 is 1.96 bits per heavy atom. The number of anilines is 2. The minimum absolute atomic E-state index is 0.254. The predicted molar refractivity (Wildman–Crippen MR) is 96.7 cm³/mol. The number of benzene rings is 1. The van der Waals surface area contributed by atoms with Crippen LogP contribution in [0.15, 0.2) is 24.4 Å². The first-order chi connectivity index (χ1) is 12.4. The van der Waals surface area contributed by atoms with Gasteiger partial charge in [-0.3, -0.25) is 4.90 Å². The van der Waals surface area contributed by atoms with Crippen molar-refractivity contribution in [3.05, 3.63) is 46.8 Å². The third-order valence-electron chi connectivity index (χ3n) is 5.04. The minimum Gasteiger partial charge on any atom is -0.324 e. The molecule has 2 aliphatic rings. The van der Waals surface area contributed by atoms with E-state index in [0.717, 1.165) is 28.1 Å². The molecule has 26 heavy (non-hydrogen) atoms. The molecular weight excluding hydrogens is 336 g/mol.